The van der Waals surface area contributed by atoms with Gasteiger partial charge in [-0.1, -0.05) is 12.8 Å². The summed E-state index contributed by atoms with van der Waals surface area (Å²) in [5.41, 5.74) is 0. The number of ether oxygens (including phenoxy) is 1. The molecule has 0 bridgehead atoms. The molecule has 0 unspecified atom stereocenters. The van der Waals surface area contributed by atoms with Crippen molar-refractivity contribution >= 4 is 19.7 Å². The summed E-state index contributed by atoms with van der Waals surface area (Å²) in [5.74, 6) is 1.52. The molecule has 2 rings (SSSR count). The lowest BCUT2D eigenvalue weighted by molar-refractivity contribution is 0.302. The molecule has 0 heterocycles. The van der Waals surface area contributed by atoms with Crippen LogP contribution < -0.4 is 4.74 Å². The molecule has 5 heteroatoms. The van der Waals surface area contributed by atoms with Crippen LogP contribution in [0.25, 0.3) is 0 Å². The van der Waals surface area contributed by atoms with Gasteiger partial charge in [-0.3, -0.25) is 0 Å². The molecule has 0 aromatic heterocycles. The number of hydrogen-bond donors (Lipinski definition) is 0. The van der Waals surface area contributed by atoms with E-state index in [1.807, 2.05) is 0 Å². The van der Waals surface area contributed by atoms with E-state index in [9.17, 15) is 8.42 Å². The lowest BCUT2D eigenvalue weighted by Gasteiger charge is -2.05. The standard InChI is InChI=1S/C11H13ClO3S/c12-16(13,14)11-5-3-10(4-6-11)15-8-7-9-1-2-9/h3-6,9H,1-2,7-8H2. The molecule has 0 amide bonds. The summed E-state index contributed by atoms with van der Waals surface area (Å²) in [7, 11) is 1.57. The minimum atomic E-state index is -3.63. The highest BCUT2D eigenvalue weighted by Gasteiger charge is 2.20. The summed E-state index contributed by atoms with van der Waals surface area (Å²) in [6, 6.07) is 6.16. The van der Waals surface area contributed by atoms with Crippen LogP contribution in [-0.4, -0.2) is 15.0 Å². The van der Waals surface area contributed by atoms with Crippen LogP contribution in [0.3, 0.4) is 0 Å². The predicted octanol–water partition coefficient (Wildman–Crippen LogP) is 2.79. The van der Waals surface area contributed by atoms with Crippen molar-refractivity contribution in [1.29, 1.82) is 0 Å². The van der Waals surface area contributed by atoms with Gasteiger partial charge in [0, 0.05) is 10.7 Å². The SMILES string of the molecule is O=S(=O)(Cl)c1ccc(OCCC2CC2)cc1. The molecule has 0 aliphatic heterocycles. The fraction of sp³-hybridized carbons (Fsp3) is 0.455. The molecule has 0 spiro atoms. The molecule has 88 valence electrons. The summed E-state index contributed by atoms with van der Waals surface area (Å²) >= 11 is 0. The first-order valence-corrected chi connectivity index (χ1v) is 7.54. The normalized spacial score (nSPS) is 16.1. The van der Waals surface area contributed by atoms with Gasteiger partial charge in [0.2, 0.25) is 0 Å². The van der Waals surface area contributed by atoms with E-state index in [0.717, 1.165) is 12.3 Å². The third-order valence-electron chi connectivity index (χ3n) is 2.60. The molecular weight excluding hydrogens is 248 g/mol. The molecule has 3 nitrogen and oxygen atoms in total. The molecule has 0 atom stereocenters. The Morgan fingerprint density at radius 3 is 2.38 bits per heavy atom. The van der Waals surface area contributed by atoms with Crippen molar-refractivity contribution in [2.45, 2.75) is 24.2 Å². The second-order valence-electron chi connectivity index (χ2n) is 3.99. The Labute approximate surface area is 99.8 Å². The zero-order chi connectivity index (χ0) is 11.6. The van der Waals surface area contributed by atoms with E-state index in [-0.39, 0.29) is 4.90 Å². The number of benzene rings is 1. The van der Waals surface area contributed by atoms with E-state index in [1.54, 1.807) is 12.1 Å². The third-order valence-corrected chi connectivity index (χ3v) is 3.97. The second-order valence-corrected chi connectivity index (χ2v) is 6.56. The van der Waals surface area contributed by atoms with Gasteiger partial charge in [-0.25, -0.2) is 8.42 Å². The minimum absolute atomic E-state index is 0.101. The fourth-order valence-corrected chi connectivity index (χ4v) is 2.22. The Bertz CT molecular complexity index is 449. The maximum absolute atomic E-state index is 11.0. The van der Waals surface area contributed by atoms with E-state index in [1.165, 1.54) is 25.0 Å². The Kier molecular flexibility index (Phi) is 3.40. The van der Waals surface area contributed by atoms with E-state index < -0.39 is 9.05 Å². The molecule has 1 saturated carbocycles. The fourth-order valence-electron chi connectivity index (χ4n) is 1.45. The summed E-state index contributed by atoms with van der Waals surface area (Å²) in [5, 5.41) is 0. The van der Waals surface area contributed by atoms with Gasteiger partial charge in [-0.05, 0) is 36.6 Å². The van der Waals surface area contributed by atoms with E-state index in [2.05, 4.69) is 0 Å². The Morgan fingerprint density at radius 1 is 1.25 bits per heavy atom. The van der Waals surface area contributed by atoms with Crippen LogP contribution >= 0.6 is 10.7 Å². The van der Waals surface area contributed by atoms with Crippen molar-refractivity contribution in [1.82, 2.24) is 0 Å². The highest BCUT2D eigenvalue weighted by molar-refractivity contribution is 8.13. The first kappa shape index (κ1) is 11.7. The molecular formula is C11H13ClO3S. The van der Waals surface area contributed by atoms with Crippen molar-refractivity contribution in [3.8, 4) is 5.75 Å². The molecule has 0 radical (unpaired) electrons. The van der Waals surface area contributed by atoms with Gasteiger partial charge < -0.3 is 4.74 Å². The maximum atomic E-state index is 11.0. The number of halogens is 1. The van der Waals surface area contributed by atoms with E-state index >= 15 is 0 Å². The van der Waals surface area contributed by atoms with Crippen LogP contribution in [-0.2, 0) is 9.05 Å². The highest BCUT2D eigenvalue weighted by Crippen LogP contribution is 2.32. The monoisotopic (exact) mass is 260 g/mol. The van der Waals surface area contributed by atoms with Gasteiger partial charge in [-0.15, -0.1) is 0 Å². The summed E-state index contributed by atoms with van der Waals surface area (Å²) < 4.78 is 27.4. The summed E-state index contributed by atoms with van der Waals surface area (Å²) in [4.78, 5) is 0.101. The van der Waals surface area contributed by atoms with Crippen LogP contribution in [0.5, 0.6) is 5.75 Å². The highest BCUT2D eigenvalue weighted by atomic mass is 35.7. The predicted molar refractivity (Wildman–Crippen MR) is 62.3 cm³/mol. The lowest BCUT2D eigenvalue weighted by atomic mass is 10.3. The quantitative estimate of drug-likeness (QED) is 0.765. The molecule has 1 aromatic carbocycles. The lowest BCUT2D eigenvalue weighted by Crippen LogP contribution is -1.98. The third kappa shape index (κ3) is 3.39. The van der Waals surface area contributed by atoms with Gasteiger partial charge in [0.05, 0.1) is 11.5 Å². The average Bonchev–Trinajstić information content (AvgIpc) is 3.01. The number of hydrogen-bond acceptors (Lipinski definition) is 3. The molecule has 0 N–H and O–H groups in total. The zero-order valence-electron chi connectivity index (χ0n) is 8.73. The van der Waals surface area contributed by atoms with Gasteiger partial charge >= 0.3 is 0 Å². The molecule has 1 aliphatic rings. The Hall–Kier alpha value is -0.740. The molecule has 16 heavy (non-hydrogen) atoms. The van der Waals surface area contributed by atoms with Crippen molar-refractivity contribution in [2.75, 3.05) is 6.61 Å². The second kappa shape index (κ2) is 4.63. The van der Waals surface area contributed by atoms with Crippen molar-refractivity contribution in [3.63, 3.8) is 0 Å². The van der Waals surface area contributed by atoms with Crippen molar-refractivity contribution in [3.05, 3.63) is 24.3 Å². The smallest absolute Gasteiger partial charge is 0.261 e. The maximum Gasteiger partial charge on any atom is 0.261 e. The molecule has 0 saturated heterocycles. The van der Waals surface area contributed by atoms with Crippen LogP contribution in [0.2, 0.25) is 0 Å². The molecule has 1 aliphatic carbocycles. The first-order chi connectivity index (χ1) is 7.55. The number of rotatable bonds is 5. The van der Waals surface area contributed by atoms with Gasteiger partial charge in [0.1, 0.15) is 5.75 Å². The van der Waals surface area contributed by atoms with Gasteiger partial charge in [0.25, 0.3) is 9.05 Å². The summed E-state index contributed by atoms with van der Waals surface area (Å²) in [6.07, 6.45) is 3.70. The van der Waals surface area contributed by atoms with Gasteiger partial charge in [-0.2, -0.15) is 0 Å². The van der Waals surface area contributed by atoms with Crippen molar-refractivity contribution < 1.29 is 13.2 Å². The van der Waals surface area contributed by atoms with Gasteiger partial charge in [0.15, 0.2) is 0 Å². The van der Waals surface area contributed by atoms with Crippen LogP contribution in [0.4, 0.5) is 0 Å². The first-order valence-electron chi connectivity index (χ1n) is 5.23. The Morgan fingerprint density at radius 2 is 1.88 bits per heavy atom. The summed E-state index contributed by atoms with van der Waals surface area (Å²) in [6.45, 7) is 0.692. The average molecular weight is 261 g/mol. The van der Waals surface area contributed by atoms with Crippen LogP contribution in [0.1, 0.15) is 19.3 Å². The zero-order valence-corrected chi connectivity index (χ0v) is 10.3. The molecule has 1 aromatic rings. The molecule has 1 fully saturated rings. The minimum Gasteiger partial charge on any atom is -0.494 e. The van der Waals surface area contributed by atoms with E-state index in [0.29, 0.717) is 12.4 Å². The van der Waals surface area contributed by atoms with Crippen molar-refractivity contribution in [2.24, 2.45) is 5.92 Å². The van der Waals surface area contributed by atoms with Crippen LogP contribution in [0.15, 0.2) is 29.2 Å². The largest absolute Gasteiger partial charge is 0.494 e. The Balaban J connectivity index is 1.90. The van der Waals surface area contributed by atoms with E-state index in [4.69, 9.17) is 15.4 Å². The van der Waals surface area contributed by atoms with Crippen LogP contribution in [0, 0.1) is 5.92 Å². The topological polar surface area (TPSA) is 43.4 Å².